The maximum atomic E-state index is 12.7. The van der Waals surface area contributed by atoms with Gasteiger partial charge in [-0.25, -0.2) is 0 Å². The molecule has 0 spiro atoms. The van der Waals surface area contributed by atoms with E-state index in [2.05, 4.69) is 10.4 Å². The minimum absolute atomic E-state index is 0.00409. The molecular weight excluding hydrogens is 334 g/mol. The molecule has 8 heteroatoms. The molecule has 0 aromatic carbocycles. The SMILES string of the molecule is CCn1ccc(C(=O)N2CCN(C)C(C(=O)NCC3CCOCC3)C2)n1. The highest BCUT2D eigenvalue weighted by Crippen LogP contribution is 2.15. The summed E-state index contributed by atoms with van der Waals surface area (Å²) in [5.41, 5.74) is 0.442. The Balaban J connectivity index is 1.56. The zero-order chi connectivity index (χ0) is 18.5. The number of amides is 2. The fraction of sp³-hybridized carbons (Fsp3) is 0.722. The van der Waals surface area contributed by atoms with Crippen LogP contribution in [0.25, 0.3) is 0 Å². The van der Waals surface area contributed by atoms with Crippen molar-refractivity contribution < 1.29 is 14.3 Å². The Bertz CT molecular complexity index is 626. The first-order chi connectivity index (χ1) is 12.6. The van der Waals surface area contributed by atoms with Crippen molar-refractivity contribution in [1.82, 2.24) is 24.9 Å². The van der Waals surface area contributed by atoms with Crippen molar-refractivity contribution >= 4 is 11.8 Å². The number of likely N-dealkylation sites (N-methyl/N-ethyl adjacent to an activating group) is 1. The monoisotopic (exact) mass is 363 g/mol. The first kappa shape index (κ1) is 18.8. The summed E-state index contributed by atoms with van der Waals surface area (Å²) in [6, 6.07) is 1.42. The highest BCUT2D eigenvalue weighted by molar-refractivity contribution is 5.93. The molecule has 144 valence electrons. The quantitative estimate of drug-likeness (QED) is 0.809. The van der Waals surface area contributed by atoms with E-state index >= 15 is 0 Å². The number of carbonyl (C=O) groups is 2. The van der Waals surface area contributed by atoms with Crippen LogP contribution >= 0.6 is 0 Å². The van der Waals surface area contributed by atoms with Crippen LogP contribution in [0.2, 0.25) is 0 Å². The normalized spacial score (nSPS) is 22.4. The van der Waals surface area contributed by atoms with Crippen molar-refractivity contribution in [2.75, 3.05) is 46.4 Å². The molecule has 3 heterocycles. The lowest BCUT2D eigenvalue weighted by Gasteiger charge is -2.38. The highest BCUT2D eigenvalue weighted by Gasteiger charge is 2.33. The molecule has 2 aliphatic heterocycles. The summed E-state index contributed by atoms with van der Waals surface area (Å²) in [6.07, 6.45) is 3.79. The molecule has 1 N–H and O–H groups in total. The van der Waals surface area contributed by atoms with E-state index in [1.165, 1.54) is 0 Å². The summed E-state index contributed by atoms with van der Waals surface area (Å²) < 4.78 is 7.10. The molecule has 26 heavy (non-hydrogen) atoms. The van der Waals surface area contributed by atoms with Crippen molar-refractivity contribution in [2.45, 2.75) is 32.4 Å². The molecule has 1 atom stereocenters. The molecule has 0 radical (unpaired) electrons. The molecule has 1 aromatic rings. The molecule has 0 aliphatic carbocycles. The lowest BCUT2D eigenvalue weighted by Crippen LogP contribution is -2.59. The van der Waals surface area contributed by atoms with Gasteiger partial charge >= 0.3 is 0 Å². The number of aryl methyl sites for hydroxylation is 1. The van der Waals surface area contributed by atoms with E-state index in [1.807, 2.05) is 18.9 Å². The van der Waals surface area contributed by atoms with Gasteiger partial charge in [0.2, 0.25) is 5.91 Å². The van der Waals surface area contributed by atoms with E-state index in [-0.39, 0.29) is 17.9 Å². The maximum absolute atomic E-state index is 12.7. The number of rotatable bonds is 5. The van der Waals surface area contributed by atoms with Crippen LogP contribution in [0.15, 0.2) is 12.3 Å². The van der Waals surface area contributed by atoms with Crippen LogP contribution in [0.1, 0.15) is 30.3 Å². The Kier molecular flexibility index (Phi) is 6.26. The molecule has 2 fully saturated rings. The van der Waals surface area contributed by atoms with E-state index in [1.54, 1.807) is 21.8 Å². The smallest absolute Gasteiger partial charge is 0.274 e. The molecule has 2 aliphatic rings. The average molecular weight is 363 g/mol. The Morgan fingerprint density at radius 1 is 1.31 bits per heavy atom. The van der Waals surface area contributed by atoms with Gasteiger partial charge in [-0.15, -0.1) is 0 Å². The zero-order valence-electron chi connectivity index (χ0n) is 15.7. The summed E-state index contributed by atoms with van der Waals surface area (Å²) in [5, 5.41) is 7.36. The van der Waals surface area contributed by atoms with Gasteiger partial charge in [-0.05, 0) is 38.8 Å². The van der Waals surface area contributed by atoms with E-state index in [4.69, 9.17) is 4.74 Å². The van der Waals surface area contributed by atoms with Gasteiger partial charge in [0.15, 0.2) is 0 Å². The lowest BCUT2D eigenvalue weighted by atomic mass is 10.0. The Morgan fingerprint density at radius 3 is 2.77 bits per heavy atom. The van der Waals surface area contributed by atoms with E-state index in [0.717, 1.165) is 32.6 Å². The van der Waals surface area contributed by atoms with Crippen LogP contribution in [0.4, 0.5) is 0 Å². The molecule has 3 rings (SSSR count). The molecule has 8 nitrogen and oxygen atoms in total. The van der Waals surface area contributed by atoms with Gasteiger partial charge in [-0.2, -0.15) is 5.10 Å². The van der Waals surface area contributed by atoms with Crippen LogP contribution in [-0.2, 0) is 16.1 Å². The second-order valence-electron chi connectivity index (χ2n) is 7.11. The first-order valence-electron chi connectivity index (χ1n) is 9.47. The number of hydrogen-bond donors (Lipinski definition) is 1. The van der Waals surface area contributed by atoms with Crippen LogP contribution in [0.3, 0.4) is 0 Å². The molecular formula is C18H29N5O3. The third-order valence-electron chi connectivity index (χ3n) is 5.33. The molecule has 2 amide bonds. The number of carbonyl (C=O) groups excluding carboxylic acids is 2. The second-order valence-corrected chi connectivity index (χ2v) is 7.11. The first-order valence-corrected chi connectivity index (χ1v) is 9.47. The third kappa shape index (κ3) is 4.42. The third-order valence-corrected chi connectivity index (χ3v) is 5.33. The summed E-state index contributed by atoms with van der Waals surface area (Å²) in [4.78, 5) is 29.1. The largest absolute Gasteiger partial charge is 0.381 e. The van der Waals surface area contributed by atoms with E-state index in [0.29, 0.717) is 37.8 Å². The van der Waals surface area contributed by atoms with E-state index in [9.17, 15) is 9.59 Å². The minimum Gasteiger partial charge on any atom is -0.381 e. The van der Waals surface area contributed by atoms with Gasteiger partial charge < -0.3 is 15.0 Å². The van der Waals surface area contributed by atoms with E-state index < -0.39 is 0 Å². The summed E-state index contributed by atoms with van der Waals surface area (Å²) in [7, 11) is 1.94. The topological polar surface area (TPSA) is 79.7 Å². The highest BCUT2D eigenvalue weighted by atomic mass is 16.5. The summed E-state index contributed by atoms with van der Waals surface area (Å²) in [6.45, 7) is 6.62. The fourth-order valence-corrected chi connectivity index (χ4v) is 3.47. The van der Waals surface area contributed by atoms with Crippen molar-refractivity contribution in [1.29, 1.82) is 0 Å². The maximum Gasteiger partial charge on any atom is 0.274 e. The lowest BCUT2D eigenvalue weighted by molar-refractivity contribution is -0.128. The van der Waals surface area contributed by atoms with Crippen molar-refractivity contribution in [3.63, 3.8) is 0 Å². The van der Waals surface area contributed by atoms with Gasteiger partial charge in [0.25, 0.3) is 5.91 Å². The van der Waals surface area contributed by atoms with Gasteiger partial charge in [0, 0.05) is 52.1 Å². The number of aromatic nitrogens is 2. The Hall–Kier alpha value is -1.93. The van der Waals surface area contributed by atoms with Crippen molar-refractivity contribution in [3.05, 3.63) is 18.0 Å². The Morgan fingerprint density at radius 2 is 2.08 bits per heavy atom. The van der Waals surface area contributed by atoms with Crippen LogP contribution in [0, 0.1) is 5.92 Å². The summed E-state index contributed by atoms with van der Waals surface area (Å²) in [5.74, 6) is 0.375. The predicted octanol–water partition coefficient (Wildman–Crippen LogP) is 0.202. The van der Waals surface area contributed by atoms with Gasteiger partial charge in [0.05, 0.1) is 0 Å². The summed E-state index contributed by atoms with van der Waals surface area (Å²) >= 11 is 0. The minimum atomic E-state index is -0.319. The number of nitrogens with zero attached hydrogens (tertiary/aromatic N) is 4. The van der Waals surface area contributed by atoms with Crippen LogP contribution < -0.4 is 5.32 Å². The molecule has 2 saturated heterocycles. The van der Waals surface area contributed by atoms with Crippen LogP contribution in [0.5, 0.6) is 0 Å². The number of piperazine rings is 1. The molecule has 1 aromatic heterocycles. The van der Waals surface area contributed by atoms with Crippen molar-refractivity contribution in [2.24, 2.45) is 5.92 Å². The average Bonchev–Trinajstić information content (AvgIpc) is 3.16. The molecule has 0 bridgehead atoms. The standard InChI is InChI=1S/C18H29N5O3/c1-3-23-7-4-15(20-23)18(25)22-9-8-21(2)16(13-22)17(24)19-12-14-5-10-26-11-6-14/h4,7,14,16H,3,5-6,8-13H2,1-2H3,(H,19,24). The predicted molar refractivity (Wildman–Crippen MR) is 96.8 cm³/mol. The molecule has 0 saturated carbocycles. The number of ether oxygens (including phenoxy) is 1. The van der Waals surface area contributed by atoms with Gasteiger partial charge in [-0.1, -0.05) is 0 Å². The Labute approximate surface area is 154 Å². The van der Waals surface area contributed by atoms with Gasteiger partial charge in [0.1, 0.15) is 11.7 Å². The van der Waals surface area contributed by atoms with Crippen LogP contribution in [-0.4, -0.2) is 83.9 Å². The fourth-order valence-electron chi connectivity index (χ4n) is 3.47. The van der Waals surface area contributed by atoms with Crippen molar-refractivity contribution in [3.8, 4) is 0 Å². The number of hydrogen-bond acceptors (Lipinski definition) is 5. The second kappa shape index (κ2) is 8.64. The molecule has 1 unspecified atom stereocenters. The van der Waals surface area contributed by atoms with Gasteiger partial charge in [-0.3, -0.25) is 19.2 Å². The number of nitrogens with one attached hydrogen (secondary N) is 1. The zero-order valence-corrected chi connectivity index (χ0v) is 15.7.